The zero-order chi connectivity index (χ0) is 38.6. The maximum absolute atomic E-state index is 14.0. The summed E-state index contributed by atoms with van der Waals surface area (Å²) in [7, 11) is 0. The first kappa shape index (κ1) is 46.7. The third-order valence-electron chi connectivity index (χ3n) is 8.72. The summed E-state index contributed by atoms with van der Waals surface area (Å²) >= 11 is 0. The zero-order valence-corrected chi connectivity index (χ0v) is 30.9. The molecule has 0 radical (unpaired) electrons. The van der Waals surface area contributed by atoms with E-state index in [0.717, 1.165) is 43.2 Å². The van der Waals surface area contributed by atoms with E-state index in [1.54, 1.807) is 0 Å². The summed E-state index contributed by atoms with van der Waals surface area (Å²) in [6, 6.07) is 7.02. The lowest BCUT2D eigenvalue weighted by Crippen LogP contribution is -2.50. The molecule has 1 aliphatic carbocycles. The van der Waals surface area contributed by atoms with Gasteiger partial charge in [-0.1, -0.05) is 90.5 Å². The van der Waals surface area contributed by atoms with E-state index in [4.69, 9.17) is 20.1 Å². The molecule has 0 aliphatic heterocycles. The second-order valence-corrected chi connectivity index (χ2v) is 13.1. The Morgan fingerprint density at radius 3 is 2.06 bits per heavy atom. The van der Waals surface area contributed by atoms with E-state index >= 15 is 0 Å². The number of primary amides is 3. The van der Waals surface area contributed by atoms with Crippen molar-refractivity contribution in [3.63, 3.8) is 0 Å². The van der Waals surface area contributed by atoms with E-state index < -0.39 is 42.0 Å². The molecule has 14 nitrogen and oxygen atoms in total. The summed E-state index contributed by atoms with van der Waals surface area (Å²) < 4.78 is 6.69. The van der Waals surface area contributed by atoms with Gasteiger partial charge in [0.25, 0.3) is 5.91 Å². The summed E-state index contributed by atoms with van der Waals surface area (Å²) in [6.45, 7) is 8.65. The lowest BCUT2D eigenvalue weighted by Gasteiger charge is -2.40. The topological polar surface area (TPSA) is 243 Å². The Labute approximate surface area is 303 Å². The molecular formula is C37H62N6O8. The number of Topliss-reactive ketones (excluding diaryl/α,β-unsaturated/α-hetero) is 1. The molecule has 1 fully saturated rings. The zero-order valence-electron chi connectivity index (χ0n) is 30.9. The standard InChI is InChI=1S/C35H56N4O6.2CH3NO/c1-5-7-18-30(34(36)43)39-31(41)21-38-35(44)32(42)28(13-6-2)29(19-26-16-11-12-17-27(26)20-37-23-40)33(45-22-24(3)4)25-14-9-8-10-15-25;2*2-1-3/h11-12,16-17,23-25,28-30,33H,5-10,13-15,18-22H2,1-4H3,(H2,36,43)(H,37,40)(H,38,44)(H,39,41);2*1H,(H2,2,3). The van der Waals surface area contributed by atoms with Crippen LogP contribution in [0.3, 0.4) is 0 Å². The highest BCUT2D eigenvalue weighted by atomic mass is 16.5. The molecule has 4 unspecified atom stereocenters. The maximum Gasteiger partial charge on any atom is 0.288 e. The number of ketones is 1. The Balaban J connectivity index is 0.00000387. The molecule has 1 saturated carbocycles. The first-order chi connectivity index (χ1) is 24.4. The number of ether oxygens (including phenoxy) is 1. The Hall–Kier alpha value is -4.33. The highest BCUT2D eigenvalue weighted by Crippen LogP contribution is 2.38. The molecule has 1 aromatic rings. The Morgan fingerprint density at radius 1 is 0.922 bits per heavy atom. The van der Waals surface area contributed by atoms with Gasteiger partial charge in [-0.3, -0.25) is 33.6 Å². The lowest BCUT2D eigenvalue weighted by atomic mass is 9.70. The molecule has 288 valence electrons. The summed E-state index contributed by atoms with van der Waals surface area (Å²) in [4.78, 5) is 80.0. The first-order valence-corrected chi connectivity index (χ1v) is 18.0. The summed E-state index contributed by atoms with van der Waals surface area (Å²) in [6.07, 6.45) is 9.99. The number of nitrogens with two attached hydrogens (primary N) is 3. The molecule has 0 heterocycles. The predicted molar refractivity (Wildman–Crippen MR) is 195 cm³/mol. The van der Waals surface area contributed by atoms with Crippen LogP contribution in [0.25, 0.3) is 0 Å². The van der Waals surface area contributed by atoms with Gasteiger partial charge in [-0.25, -0.2) is 0 Å². The summed E-state index contributed by atoms with van der Waals surface area (Å²) in [5.41, 5.74) is 15.7. The van der Waals surface area contributed by atoms with Gasteiger partial charge in [-0.2, -0.15) is 0 Å². The van der Waals surface area contributed by atoms with Gasteiger partial charge in [0.1, 0.15) is 6.04 Å². The largest absolute Gasteiger partial charge is 0.377 e. The number of amides is 6. The van der Waals surface area contributed by atoms with Crippen LogP contribution < -0.4 is 33.2 Å². The monoisotopic (exact) mass is 718 g/mol. The van der Waals surface area contributed by atoms with E-state index in [9.17, 15) is 24.0 Å². The summed E-state index contributed by atoms with van der Waals surface area (Å²) in [5, 5.41) is 7.84. The molecule has 14 heteroatoms. The number of hydrogen-bond acceptors (Lipinski definition) is 8. The third kappa shape index (κ3) is 19.0. The van der Waals surface area contributed by atoms with Crippen LogP contribution in [0.15, 0.2) is 24.3 Å². The average molecular weight is 719 g/mol. The van der Waals surface area contributed by atoms with Gasteiger partial charge >= 0.3 is 0 Å². The Kier molecular flexibility index (Phi) is 26.0. The molecular weight excluding hydrogens is 656 g/mol. The predicted octanol–water partition coefficient (Wildman–Crippen LogP) is 2.18. The van der Waals surface area contributed by atoms with Crippen LogP contribution in [-0.2, 0) is 51.3 Å². The normalized spacial score (nSPS) is 14.8. The van der Waals surface area contributed by atoms with E-state index in [1.165, 1.54) is 6.42 Å². The van der Waals surface area contributed by atoms with Crippen LogP contribution in [0.4, 0.5) is 0 Å². The van der Waals surface area contributed by atoms with Crippen LogP contribution in [0, 0.1) is 23.7 Å². The van der Waals surface area contributed by atoms with Crippen molar-refractivity contribution in [2.75, 3.05) is 13.2 Å². The van der Waals surface area contributed by atoms with Gasteiger partial charge < -0.3 is 37.9 Å². The SMILES string of the molecule is CCCCC(NC(=O)CNC(=O)C(=O)C(CCC)C(Cc1ccccc1CNC=O)C(OCC(C)C)C1CCCCC1)C(N)=O.NC=O.NC=O. The van der Waals surface area contributed by atoms with Gasteiger partial charge in [-0.15, -0.1) is 0 Å². The van der Waals surface area contributed by atoms with Crippen molar-refractivity contribution >= 4 is 42.7 Å². The number of unbranched alkanes of at least 4 members (excludes halogenated alkanes) is 1. The van der Waals surface area contributed by atoms with Gasteiger partial charge in [-0.05, 0) is 61.0 Å². The van der Waals surface area contributed by atoms with Crippen molar-refractivity contribution in [1.29, 1.82) is 0 Å². The molecule has 1 aromatic carbocycles. The van der Waals surface area contributed by atoms with Crippen molar-refractivity contribution in [3.05, 3.63) is 35.4 Å². The number of nitrogens with one attached hydrogen (secondary N) is 3. The lowest BCUT2D eigenvalue weighted by molar-refractivity contribution is -0.144. The number of carbonyl (C=O) groups excluding carboxylic acids is 7. The van der Waals surface area contributed by atoms with Crippen molar-refractivity contribution in [1.82, 2.24) is 16.0 Å². The average Bonchev–Trinajstić information content (AvgIpc) is 3.11. The fraction of sp³-hybridized carbons (Fsp3) is 0.649. The van der Waals surface area contributed by atoms with Gasteiger partial charge in [0.15, 0.2) is 0 Å². The van der Waals surface area contributed by atoms with E-state index in [0.29, 0.717) is 57.6 Å². The van der Waals surface area contributed by atoms with Crippen LogP contribution in [0.2, 0.25) is 0 Å². The van der Waals surface area contributed by atoms with Crippen molar-refractivity contribution in [2.24, 2.45) is 40.9 Å². The van der Waals surface area contributed by atoms with Crippen molar-refractivity contribution < 1.29 is 38.3 Å². The Bertz CT molecular complexity index is 1190. The van der Waals surface area contributed by atoms with Crippen LogP contribution in [0.1, 0.15) is 103 Å². The minimum Gasteiger partial charge on any atom is -0.377 e. The highest BCUT2D eigenvalue weighted by molar-refractivity contribution is 6.37. The fourth-order valence-electron chi connectivity index (χ4n) is 6.40. The highest BCUT2D eigenvalue weighted by Gasteiger charge is 2.41. The van der Waals surface area contributed by atoms with E-state index in [2.05, 4.69) is 41.3 Å². The number of benzene rings is 1. The number of hydrogen-bond donors (Lipinski definition) is 6. The minimum atomic E-state index is -0.828. The molecule has 0 saturated heterocycles. The van der Waals surface area contributed by atoms with Crippen molar-refractivity contribution in [2.45, 2.75) is 117 Å². The Morgan fingerprint density at radius 2 is 1.53 bits per heavy atom. The van der Waals surface area contributed by atoms with Crippen LogP contribution in [-0.4, -0.2) is 68.0 Å². The van der Waals surface area contributed by atoms with Gasteiger partial charge in [0.2, 0.25) is 36.8 Å². The summed E-state index contributed by atoms with van der Waals surface area (Å²) in [5.74, 6) is -2.95. The molecule has 0 bridgehead atoms. The fourth-order valence-corrected chi connectivity index (χ4v) is 6.40. The maximum atomic E-state index is 14.0. The molecule has 51 heavy (non-hydrogen) atoms. The van der Waals surface area contributed by atoms with E-state index in [-0.39, 0.29) is 30.8 Å². The molecule has 9 N–H and O–H groups in total. The van der Waals surface area contributed by atoms with Crippen LogP contribution >= 0.6 is 0 Å². The minimum absolute atomic E-state index is 0.230. The second kappa shape index (κ2) is 28.4. The molecule has 6 amide bonds. The molecule has 1 aliphatic rings. The molecule has 2 rings (SSSR count). The smallest absolute Gasteiger partial charge is 0.288 e. The van der Waals surface area contributed by atoms with Crippen LogP contribution in [0.5, 0.6) is 0 Å². The molecule has 0 spiro atoms. The molecule has 4 atom stereocenters. The first-order valence-electron chi connectivity index (χ1n) is 18.0. The second-order valence-electron chi connectivity index (χ2n) is 13.1. The quantitative estimate of drug-likeness (QED) is 0.0765. The molecule has 0 aromatic heterocycles. The number of rotatable bonds is 22. The van der Waals surface area contributed by atoms with Crippen molar-refractivity contribution in [3.8, 4) is 0 Å². The van der Waals surface area contributed by atoms with Gasteiger partial charge in [0, 0.05) is 19.1 Å². The van der Waals surface area contributed by atoms with E-state index in [1.807, 2.05) is 38.1 Å². The third-order valence-corrected chi connectivity index (χ3v) is 8.72. The van der Waals surface area contributed by atoms with Gasteiger partial charge in [0.05, 0.1) is 12.6 Å². The number of carbonyl (C=O) groups is 7.